The molecule has 1 saturated carbocycles. The number of rotatable bonds is 4. The second kappa shape index (κ2) is 7.08. The van der Waals surface area contributed by atoms with E-state index >= 15 is 0 Å². The molecule has 2 aliphatic heterocycles. The van der Waals surface area contributed by atoms with Crippen molar-refractivity contribution in [2.24, 2.45) is 0 Å². The Morgan fingerprint density at radius 3 is 2.48 bits per heavy atom. The molecule has 1 aromatic rings. The second-order valence-corrected chi connectivity index (χ2v) is 8.29. The number of hydrogen-bond acceptors (Lipinski definition) is 3. The van der Waals surface area contributed by atoms with E-state index in [9.17, 15) is 4.79 Å². The summed E-state index contributed by atoms with van der Waals surface area (Å²) in [6.45, 7) is 4.64. The molecule has 3 aliphatic rings. The topological polar surface area (TPSA) is 35.6 Å². The number of nitrogens with zero attached hydrogens (tertiary/aromatic N) is 2. The smallest absolute Gasteiger partial charge is 0.230 e. The maximum Gasteiger partial charge on any atom is 0.230 e. The molecular weight excluding hydrogens is 310 g/mol. The quantitative estimate of drug-likeness (QED) is 0.913. The maximum absolute atomic E-state index is 13.0. The van der Waals surface area contributed by atoms with Crippen molar-refractivity contribution in [2.75, 3.05) is 33.2 Å². The summed E-state index contributed by atoms with van der Waals surface area (Å²) in [5, 5.41) is 3.41. The number of amides is 1. The number of carbonyl (C=O) groups is 1. The molecule has 136 valence electrons. The fraction of sp³-hybridized carbons (Fsp3) is 0.667. The van der Waals surface area contributed by atoms with Crippen LogP contribution in [0.1, 0.15) is 44.1 Å². The second-order valence-electron chi connectivity index (χ2n) is 8.29. The summed E-state index contributed by atoms with van der Waals surface area (Å²) < 4.78 is 0. The minimum Gasteiger partial charge on any atom is -0.351 e. The molecule has 4 rings (SSSR count). The lowest BCUT2D eigenvalue weighted by Gasteiger charge is -2.42. The van der Waals surface area contributed by atoms with Gasteiger partial charge in [-0.25, -0.2) is 0 Å². The number of piperidine rings is 2. The zero-order chi connectivity index (χ0) is 17.3. The molecule has 0 bridgehead atoms. The average Bonchev–Trinajstić information content (AvgIpc) is 3.45. The highest BCUT2D eigenvalue weighted by Gasteiger charge is 2.51. The van der Waals surface area contributed by atoms with Gasteiger partial charge in [0, 0.05) is 18.6 Å². The third-order valence-electron chi connectivity index (χ3n) is 6.50. The van der Waals surface area contributed by atoms with Gasteiger partial charge in [0.1, 0.15) is 0 Å². The van der Waals surface area contributed by atoms with Gasteiger partial charge in [0.15, 0.2) is 0 Å². The molecule has 1 aliphatic carbocycles. The van der Waals surface area contributed by atoms with Gasteiger partial charge in [-0.1, -0.05) is 30.3 Å². The van der Waals surface area contributed by atoms with Crippen LogP contribution in [-0.2, 0) is 10.2 Å². The van der Waals surface area contributed by atoms with Gasteiger partial charge in [0.05, 0.1) is 5.41 Å². The SMILES string of the molecule is CN1CCC(N2CCC[C@@H](NC(=O)C3(c4ccccc4)CC3)C2)CC1. The summed E-state index contributed by atoms with van der Waals surface area (Å²) in [4.78, 5) is 18.1. The van der Waals surface area contributed by atoms with Gasteiger partial charge in [0.2, 0.25) is 5.91 Å². The Labute approximate surface area is 151 Å². The number of hydrogen-bond donors (Lipinski definition) is 1. The van der Waals surface area contributed by atoms with Crippen LogP contribution in [0.5, 0.6) is 0 Å². The summed E-state index contributed by atoms with van der Waals surface area (Å²) in [6, 6.07) is 11.4. The fourth-order valence-corrected chi connectivity index (χ4v) is 4.67. The van der Waals surface area contributed by atoms with Gasteiger partial charge >= 0.3 is 0 Å². The highest BCUT2D eigenvalue weighted by atomic mass is 16.2. The summed E-state index contributed by atoms with van der Waals surface area (Å²) in [5.41, 5.74) is 0.951. The normalized spacial score (nSPS) is 27.8. The molecular formula is C21H31N3O. The Morgan fingerprint density at radius 2 is 1.80 bits per heavy atom. The van der Waals surface area contributed by atoms with E-state index in [1.165, 1.54) is 44.5 Å². The lowest BCUT2D eigenvalue weighted by atomic mass is 9.93. The van der Waals surface area contributed by atoms with Gasteiger partial charge in [-0.15, -0.1) is 0 Å². The number of carbonyl (C=O) groups excluding carboxylic acids is 1. The average molecular weight is 341 g/mol. The highest BCUT2D eigenvalue weighted by Crippen LogP contribution is 2.48. The Kier molecular flexibility index (Phi) is 4.83. The molecule has 4 heteroatoms. The predicted octanol–water partition coefficient (Wildman–Crippen LogP) is 2.39. The lowest BCUT2D eigenvalue weighted by Crippen LogP contribution is -2.54. The molecule has 1 N–H and O–H groups in total. The third kappa shape index (κ3) is 3.61. The first kappa shape index (κ1) is 17.0. The van der Waals surface area contributed by atoms with Gasteiger partial charge < -0.3 is 10.2 Å². The highest BCUT2D eigenvalue weighted by molar-refractivity contribution is 5.91. The molecule has 2 saturated heterocycles. The minimum atomic E-state index is -0.239. The van der Waals surface area contributed by atoms with Gasteiger partial charge in [-0.05, 0) is 70.8 Å². The van der Waals surface area contributed by atoms with Crippen LogP contribution in [0.25, 0.3) is 0 Å². The number of likely N-dealkylation sites (tertiary alicyclic amines) is 2. The molecule has 2 heterocycles. The van der Waals surface area contributed by atoms with Gasteiger partial charge in [0.25, 0.3) is 0 Å². The van der Waals surface area contributed by atoms with E-state index in [1.54, 1.807) is 0 Å². The summed E-state index contributed by atoms with van der Waals surface area (Å²) in [7, 11) is 2.22. The monoisotopic (exact) mass is 341 g/mol. The van der Waals surface area contributed by atoms with Crippen LogP contribution in [0.4, 0.5) is 0 Å². The van der Waals surface area contributed by atoms with Gasteiger partial charge in [-0.3, -0.25) is 9.69 Å². The predicted molar refractivity (Wildman–Crippen MR) is 101 cm³/mol. The van der Waals surface area contributed by atoms with E-state index in [1.807, 2.05) is 18.2 Å². The third-order valence-corrected chi connectivity index (χ3v) is 6.50. The van der Waals surface area contributed by atoms with Crippen LogP contribution in [0.2, 0.25) is 0 Å². The van der Waals surface area contributed by atoms with Crippen LogP contribution in [-0.4, -0.2) is 61.0 Å². The first-order valence-corrected chi connectivity index (χ1v) is 9.96. The first-order valence-electron chi connectivity index (χ1n) is 9.96. The maximum atomic E-state index is 13.0. The van der Waals surface area contributed by atoms with Crippen LogP contribution in [0.15, 0.2) is 30.3 Å². The van der Waals surface area contributed by atoms with E-state index in [2.05, 4.69) is 34.3 Å². The van der Waals surface area contributed by atoms with E-state index < -0.39 is 0 Å². The van der Waals surface area contributed by atoms with Crippen molar-refractivity contribution in [1.82, 2.24) is 15.1 Å². The van der Waals surface area contributed by atoms with E-state index in [4.69, 9.17) is 0 Å². The largest absolute Gasteiger partial charge is 0.351 e. The minimum absolute atomic E-state index is 0.239. The standard InChI is InChI=1S/C21H31N3O/c1-23-14-9-19(10-15-23)24-13-5-8-18(16-24)22-20(25)21(11-12-21)17-6-3-2-4-7-17/h2-4,6-7,18-19H,5,8-16H2,1H3,(H,22,25)/t18-/m1/s1. The molecule has 0 radical (unpaired) electrons. The number of benzene rings is 1. The first-order chi connectivity index (χ1) is 12.2. The fourth-order valence-electron chi connectivity index (χ4n) is 4.67. The summed E-state index contributed by atoms with van der Waals surface area (Å²) >= 11 is 0. The summed E-state index contributed by atoms with van der Waals surface area (Å²) in [5.74, 6) is 0.258. The van der Waals surface area contributed by atoms with Crippen molar-refractivity contribution in [2.45, 2.75) is 56.0 Å². The Bertz CT molecular complexity index is 590. The van der Waals surface area contributed by atoms with Crippen molar-refractivity contribution in [3.63, 3.8) is 0 Å². The van der Waals surface area contributed by atoms with Crippen molar-refractivity contribution in [3.05, 3.63) is 35.9 Å². The molecule has 25 heavy (non-hydrogen) atoms. The Morgan fingerprint density at radius 1 is 1.08 bits per heavy atom. The van der Waals surface area contributed by atoms with E-state index in [-0.39, 0.29) is 11.3 Å². The van der Waals surface area contributed by atoms with Gasteiger partial charge in [-0.2, -0.15) is 0 Å². The lowest BCUT2D eigenvalue weighted by molar-refractivity contribution is -0.124. The van der Waals surface area contributed by atoms with Crippen molar-refractivity contribution in [3.8, 4) is 0 Å². The van der Waals surface area contributed by atoms with Crippen LogP contribution >= 0.6 is 0 Å². The van der Waals surface area contributed by atoms with Crippen LogP contribution < -0.4 is 5.32 Å². The van der Waals surface area contributed by atoms with Crippen molar-refractivity contribution < 1.29 is 4.79 Å². The zero-order valence-corrected chi connectivity index (χ0v) is 15.4. The molecule has 1 atom stereocenters. The zero-order valence-electron chi connectivity index (χ0n) is 15.4. The molecule has 1 amide bonds. The Hall–Kier alpha value is -1.39. The van der Waals surface area contributed by atoms with E-state index in [0.29, 0.717) is 12.1 Å². The Balaban J connectivity index is 1.35. The van der Waals surface area contributed by atoms with Crippen molar-refractivity contribution >= 4 is 5.91 Å². The van der Waals surface area contributed by atoms with Crippen LogP contribution in [0.3, 0.4) is 0 Å². The molecule has 0 unspecified atom stereocenters. The molecule has 4 nitrogen and oxygen atoms in total. The molecule has 1 aromatic carbocycles. The van der Waals surface area contributed by atoms with Crippen LogP contribution in [0, 0.1) is 0 Å². The summed E-state index contributed by atoms with van der Waals surface area (Å²) in [6.07, 6.45) is 6.86. The van der Waals surface area contributed by atoms with E-state index in [0.717, 1.165) is 25.8 Å². The number of nitrogens with one attached hydrogen (secondary N) is 1. The van der Waals surface area contributed by atoms with Crippen molar-refractivity contribution in [1.29, 1.82) is 0 Å². The molecule has 3 fully saturated rings. The molecule has 0 aromatic heterocycles. The molecule has 0 spiro atoms.